The fourth-order valence-corrected chi connectivity index (χ4v) is 1.70. The van der Waals surface area contributed by atoms with Gasteiger partial charge in [-0.25, -0.2) is 4.39 Å². The molecule has 6 nitrogen and oxygen atoms in total. The van der Waals surface area contributed by atoms with E-state index in [4.69, 9.17) is 5.11 Å². The number of non-ortho nitro benzene ring substituents is 1. The molecule has 1 aliphatic heterocycles. The lowest BCUT2D eigenvalue weighted by atomic mass is 9.99. The summed E-state index contributed by atoms with van der Waals surface area (Å²) in [5.41, 5.74) is -0.116. The average Bonchev–Trinajstić information content (AvgIpc) is 2.17. The Hall–Kier alpha value is -2.18. The lowest BCUT2D eigenvalue weighted by molar-refractivity contribution is -0.385. The molecule has 1 N–H and O–H groups in total. The molecule has 0 aromatic heterocycles. The maximum absolute atomic E-state index is 13.5. The molecule has 1 aromatic carbocycles. The number of aliphatic carboxylic acids is 1. The third kappa shape index (κ3) is 2.03. The van der Waals surface area contributed by atoms with E-state index in [-0.39, 0.29) is 24.5 Å². The standard InChI is InChI=1S/C10H9FN2O4/c11-8-3-7(13(16)17)1-2-9(8)12-4-6(5-12)10(14)15/h1-3,6H,4-5H2,(H,14,15). The van der Waals surface area contributed by atoms with Gasteiger partial charge in [-0.2, -0.15) is 0 Å². The number of hydrogen-bond donors (Lipinski definition) is 1. The third-order valence-corrected chi connectivity index (χ3v) is 2.71. The second kappa shape index (κ2) is 4.00. The van der Waals surface area contributed by atoms with Crippen molar-refractivity contribution in [2.75, 3.05) is 18.0 Å². The number of carboxylic acids is 1. The van der Waals surface area contributed by atoms with Gasteiger partial charge < -0.3 is 10.0 Å². The van der Waals surface area contributed by atoms with E-state index in [1.54, 1.807) is 0 Å². The average molecular weight is 240 g/mol. The molecule has 0 atom stereocenters. The molecule has 1 saturated heterocycles. The van der Waals surface area contributed by atoms with E-state index >= 15 is 0 Å². The maximum atomic E-state index is 13.5. The predicted molar refractivity (Wildman–Crippen MR) is 56.4 cm³/mol. The minimum atomic E-state index is -0.913. The van der Waals surface area contributed by atoms with E-state index in [1.165, 1.54) is 17.0 Å². The zero-order valence-corrected chi connectivity index (χ0v) is 8.67. The lowest BCUT2D eigenvalue weighted by Gasteiger charge is -2.38. The molecule has 0 aliphatic carbocycles. The molecule has 1 aromatic rings. The van der Waals surface area contributed by atoms with E-state index in [0.29, 0.717) is 0 Å². The van der Waals surface area contributed by atoms with Gasteiger partial charge in [0.1, 0.15) is 0 Å². The number of hydrogen-bond acceptors (Lipinski definition) is 4. The molecule has 0 unspecified atom stereocenters. The van der Waals surface area contributed by atoms with E-state index in [9.17, 15) is 19.3 Å². The van der Waals surface area contributed by atoms with Gasteiger partial charge in [-0.1, -0.05) is 0 Å². The van der Waals surface area contributed by atoms with Crippen LogP contribution in [-0.2, 0) is 4.79 Å². The summed E-state index contributed by atoms with van der Waals surface area (Å²) < 4.78 is 13.5. The molecule has 2 rings (SSSR count). The van der Waals surface area contributed by atoms with Gasteiger partial charge in [0.05, 0.1) is 22.6 Å². The highest BCUT2D eigenvalue weighted by Gasteiger charge is 2.34. The van der Waals surface area contributed by atoms with Crippen LogP contribution in [-0.4, -0.2) is 29.1 Å². The number of benzene rings is 1. The number of carbonyl (C=O) groups is 1. The molecule has 0 amide bonds. The predicted octanol–water partition coefficient (Wildman–Crippen LogP) is 1.25. The fourth-order valence-electron chi connectivity index (χ4n) is 1.70. The van der Waals surface area contributed by atoms with Crippen LogP contribution in [0, 0.1) is 21.8 Å². The summed E-state index contributed by atoms with van der Waals surface area (Å²) in [6, 6.07) is 3.33. The van der Waals surface area contributed by atoms with Crippen LogP contribution >= 0.6 is 0 Å². The quantitative estimate of drug-likeness (QED) is 0.635. The first-order valence-electron chi connectivity index (χ1n) is 4.90. The summed E-state index contributed by atoms with van der Waals surface area (Å²) in [7, 11) is 0. The normalized spacial score (nSPS) is 15.5. The van der Waals surface area contributed by atoms with E-state index < -0.39 is 22.6 Å². The van der Waals surface area contributed by atoms with E-state index in [2.05, 4.69) is 0 Å². The third-order valence-electron chi connectivity index (χ3n) is 2.71. The summed E-state index contributed by atoms with van der Waals surface area (Å²) in [6.45, 7) is 0.453. The molecule has 7 heteroatoms. The Balaban J connectivity index is 2.14. The van der Waals surface area contributed by atoms with Gasteiger partial charge in [-0.15, -0.1) is 0 Å². The Labute approximate surface area is 95.4 Å². The first kappa shape index (κ1) is 11.3. The minimum Gasteiger partial charge on any atom is -0.481 e. The van der Waals surface area contributed by atoms with Crippen LogP contribution in [0.5, 0.6) is 0 Å². The van der Waals surface area contributed by atoms with E-state index in [1.807, 2.05) is 0 Å². The fraction of sp³-hybridized carbons (Fsp3) is 0.300. The zero-order valence-electron chi connectivity index (χ0n) is 8.67. The van der Waals surface area contributed by atoms with Gasteiger partial charge in [0.15, 0.2) is 5.82 Å². The number of nitro groups is 1. The van der Waals surface area contributed by atoms with Crippen LogP contribution in [0.1, 0.15) is 0 Å². The molecule has 90 valence electrons. The van der Waals surface area contributed by atoms with Crippen molar-refractivity contribution >= 4 is 17.3 Å². The number of nitrogens with zero attached hydrogens (tertiary/aromatic N) is 2. The largest absolute Gasteiger partial charge is 0.481 e. The highest BCUT2D eigenvalue weighted by atomic mass is 19.1. The van der Waals surface area contributed by atoms with Gasteiger partial charge in [-0.05, 0) is 6.07 Å². The summed E-state index contributed by atoms with van der Waals surface area (Å²) in [5, 5.41) is 19.1. The van der Waals surface area contributed by atoms with Crippen LogP contribution in [0.4, 0.5) is 15.8 Å². The zero-order chi connectivity index (χ0) is 12.6. The first-order chi connectivity index (χ1) is 7.99. The SMILES string of the molecule is O=C(O)C1CN(c2ccc([N+](=O)[O-])cc2F)C1. The van der Waals surface area contributed by atoms with Gasteiger partial charge in [-0.3, -0.25) is 14.9 Å². The van der Waals surface area contributed by atoms with Crippen molar-refractivity contribution in [1.82, 2.24) is 0 Å². The summed E-state index contributed by atoms with van der Waals surface area (Å²) in [4.78, 5) is 21.8. The Bertz CT molecular complexity index is 485. The smallest absolute Gasteiger partial charge is 0.310 e. The summed E-state index contributed by atoms with van der Waals surface area (Å²) in [6.07, 6.45) is 0. The highest BCUT2D eigenvalue weighted by Crippen LogP contribution is 2.29. The van der Waals surface area contributed by atoms with Gasteiger partial charge in [0.2, 0.25) is 0 Å². The summed E-state index contributed by atoms with van der Waals surface area (Å²) in [5.74, 6) is -2.11. The monoisotopic (exact) mass is 240 g/mol. The van der Waals surface area contributed by atoms with Crippen LogP contribution in [0.3, 0.4) is 0 Å². The Morgan fingerprint density at radius 2 is 2.18 bits per heavy atom. The maximum Gasteiger partial charge on any atom is 0.310 e. The second-order valence-electron chi connectivity index (χ2n) is 3.83. The molecule has 1 heterocycles. The molecule has 0 spiro atoms. The van der Waals surface area contributed by atoms with Crippen molar-refractivity contribution in [3.8, 4) is 0 Å². The molecule has 0 radical (unpaired) electrons. The van der Waals surface area contributed by atoms with Gasteiger partial charge in [0, 0.05) is 19.2 Å². The van der Waals surface area contributed by atoms with Crippen molar-refractivity contribution < 1.29 is 19.2 Å². The van der Waals surface area contributed by atoms with Crippen LogP contribution in [0.2, 0.25) is 0 Å². The highest BCUT2D eigenvalue weighted by molar-refractivity contribution is 5.74. The van der Waals surface area contributed by atoms with E-state index in [0.717, 1.165) is 6.07 Å². The summed E-state index contributed by atoms with van der Waals surface area (Å²) >= 11 is 0. The van der Waals surface area contributed by atoms with Gasteiger partial charge in [0.25, 0.3) is 5.69 Å². The Kier molecular flexibility index (Phi) is 2.66. The molecule has 0 saturated carbocycles. The number of carboxylic acid groups (broad SMARTS) is 1. The second-order valence-corrected chi connectivity index (χ2v) is 3.83. The molecular formula is C10H9FN2O4. The Morgan fingerprint density at radius 3 is 2.65 bits per heavy atom. The van der Waals surface area contributed by atoms with Crippen molar-refractivity contribution in [2.45, 2.75) is 0 Å². The van der Waals surface area contributed by atoms with Crippen molar-refractivity contribution in [1.29, 1.82) is 0 Å². The van der Waals surface area contributed by atoms with Crippen molar-refractivity contribution in [3.05, 3.63) is 34.1 Å². The molecule has 17 heavy (non-hydrogen) atoms. The first-order valence-corrected chi connectivity index (χ1v) is 4.90. The van der Waals surface area contributed by atoms with Crippen LogP contribution < -0.4 is 4.90 Å². The van der Waals surface area contributed by atoms with Crippen LogP contribution in [0.25, 0.3) is 0 Å². The topological polar surface area (TPSA) is 83.7 Å². The molecule has 0 bridgehead atoms. The minimum absolute atomic E-state index is 0.202. The number of rotatable bonds is 3. The number of anilines is 1. The number of halogens is 1. The van der Waals surface area contributed by atoms with Crippen molar-refractivity contribution in [3.63, 3.8) is 0 Å². The lowest BCUT2D eigenvalue weighted by Crippen LogP contribution is -2.50. The van der Waals surface area contributed by atoms with Gasteiger partial charge >= 0.3 is 5.97 Å². The Morgan fingerprint density at radius 1 is 1.53 bits per heavy atom. The number of nitro benzene ring substituents is 1. The van der Waals surface area contributed by atoms with Crippen molar-refractivity contribution in [2.24, 2.45) is 5.92 Å². The molecule has 1 aliphatic rings. The molecular weight excluding hydrogens is 231 g/mol. The van der Waals surface area contributed by atoms with Crippen LogP contribution in [0.15, 0.2) is 18.2 Å². The molecule has 1 fully saturated rings.